The van der Waals surface area contributed by atoms with Crippen LogP contribution in [0.25, 0.3) is 0 Å². The number of phenols is 1. The molecule has 6 nitrogen and oxygen atoms in total. The highest BCUT2D eigenvalue weighted by molar-refractivity contribution is 5.82. The van der Waals surface area contributed by atoms with Gasteiger partial charge in [0.25, 0.3) is 0 Å². The summed E-state index contributed by atoms with van der Waals surface area (Å²) in [4.78, 5) is 26.3. The molecule has 1 aromatic heterocycles. The second kappa shape index (κ2) is 6.23. The van der Waals surface area contributed by atoms with Crippen molar-refractivity contribution in [2.24, 2.45) is 5.73 Å². The summed E-state index contributed by atoms with van der Waals surface area (Å²) in [6.07, 6.45) is 1.59. The summed E-state index contributed by atoms with van der Waals surface area (Å²) in [5.41, 5.74) is 6.87. The zero-order chi connectivity index (χ0) is 15.4. The Morgan fingerprint density at radius 2 is 2.14 bits per heavy atom. The maximum Gasteiger partial charge on any atom is 0.239 e. The first kappa shape index (κ1) is 14.8. The standard InChI is InChI=1S/C15H17N3O3/c1-9-6-13(20)10(7-17-9)8-18-14(15(16)21)11-4-2-3-5-12(11)19/h2-7,14,18-19H,8H2,1H3,(H2,16,21)(H,17,20). The maximum atomic E-state index is 11.8. The number of aromatic amines is 1. The summed E-state index contributed by atoms with van der Waals surface area (Å²) in [5.74, 6) is -0.647. The van der Waals surface area contributed by atoms with E-state index >= 15 is 0 Å². The van der Waals surface area contributed by atoms with Crippen LogP contribution in [0.5, 0.6) is 5.75 Å². The van der Waals surface area contributed by atoms with Crippen LogP contribution in [0.15, 0.2) is 41.3 Å². The second-order valence-electron chi connectivity index (χ2n) is 4.78. The Balaban J connectivity index is 2.20. The number of amides is 1. The smallest absolute Gasteiger partial charge is 0.239 e. The lowest BCUT2D eigenvalue weighted by Gasteiger charge is -2.16. The van der Waals surface area contributed by atoms with E-state index in [9.17, 15) is 14.7 Å². The molecule has 1 atom stereocenters. The van der Waals surface area contributed by atoms with E-state index in [-0.39, 0.29) is 17.7 Å². The number of phenolic OH excluding ortho intramolecular Hbond substituents is 1. The predicted molar refractivity (Wildman–Crippen MR) is 78.7 cm³/mol. The number of primary amides is 1. The molecule has 0 saturated carbocycles. The molecule has 0 aliphatic rings. The number of aromatic nitrogens is 1. The highest BCUT2D eigenvalue weighted by Crippen LogP contribution is 2.23. The molecule has 0 saturated heterocycles. The minimum Gasteiger partial charge on any atom is -0.508 e. The van der Waals surface area contributed by atoms with Crippen LogP contribution >= 0.6 is 0 Å². The average Bonchev–Trinajstić information content (AvgIpc) is 2.42. The highest BCUT2D eigenvalue weighted by Gasteiger charge is 2.20. The number of nitrogens with two attached hydrogens (primary N) is 1. The fourth-order valence-electron chi connectivity index (χ4n) is 2.05. The average molecular weight is 287 g/mol. The molecule has 0 radical (unpaired) electrons. The molecule has 5 N–H and O–H groups in total. The fraction of sp³-hybridized carbons (Fsp3) is 0.200. The Morgan fingerprint density at radius 1 is 1.43 bits per heavy atom. The number of hydrogen-bond donors (Lipinski definition) is 4. The van der Waals surface area contributed by atoms with E-state index in [1.807, 2.05) is 0 Å². The van der Waals surface area contributed by atoms with Crippen molar-refractivity contribution in [3.63, 3.8) is 0 Å². The van der Waals surface area contributed by atoms with Gasteiger partial charge in [-0.1, -0.05) is 18.2 Å². The minimum absolute atomic E-state index is 0.0217. The van der Waals surface area contributed by atoms with Crippen LogP contribution in [0.3, 0.4) is 0 Å². The third kappa shape index (κ3) is 3.49. The van der Waals surface area contributed by atoms with Gasteiger partial charge >= 0.3 is 0 Å². The number of benzene rings is 1. The van der Waals surface area contributed by atoms with E-state index in [2.05, 4.69) is 10.3 Å². The molecule has 1 aromatic carbocycles. The molecule has 0 aliphatic heterocycles. The molecular weight excluding hydrogens is 270 g/mol. The molecule has 0 spiro atoms. The fourth-order valence-corrected chi connectivity index (χ4v) is 2.05. The first-order valence-corrected chi connectivity index (χ1v) is 6.48. The Bertz CT molecular complexity index is 709. The summed E-state index contributed by atoms with van der Waals surface area (Å²) < 4.78 is 0. The lowest BCUT2D eigenvalue weighted by Crippen LogP contribution is -2.34. The largest absolute Gasteiger partial charge is 0.508 e. The number of carbonyl (C=O) groups is 1. The third-order valence-corrected chi connectivity index (χ3v) is 3.17. The molecule has 1 unspecified atom stereocenters. The van der Waals surface area contributed by atoms with Crippen molar-refractivity contribution in [1.82, 2.24) is 10.3 Å². The normalized spacial score (nSPS) is 12.0. The van der Waals surface area contributed by atoms with E-state index in [4.69, 9.17) is 5.73 Å². The van der Waals surface area contributed by atoms with Crippen molar-refractivity contribution in [3.8, 4) is 5.75 Å². The summed E-state index contributed by atoms with van der Waals surface area (Å²) >= 11 is 0. The molecule has 0 fully saturated rings. The molecule has 2 rings (SSSR count). The molecule has 1 heterocycles. The number of hydrogen-bond acceptors (Lipinski definition) is 4. The molecule has 110 valence electrons. The van der Waals surface area contributed by atoms with Crippen LogP contribution in [0.1, 0.15) is 22.9 Å². The zero-order valence-electron chi connectivity index (χ0n) is 11.6. The lowest BCUT2D eigenvalue weighted by atomic mass is 10.0. The summed E-state index contributed by atoms with van der Waals surface area (Å²) in [5, 5.41) is 12.7. The first-order valence-electron chi connectivity index (χ1n) is 6.48. The van der Waals surface area contributed by atoms with Crippen molar-refractivity contribution >= 4 is 5.91 Å². The van der Waals surface area contributed by atoms with E-state index in [0.717, 1.165) is 5.69 Å². The molecule has 0 bridgehead atoms. The van der Waals surface area contributed by atoms with Crippen LogP contribution in [0, 0.1) is 6.92 Å². The van der Waals surface area contributed by atoms with Crippen LogP contribution < -0.4 is 16.5 Å². The molecule has 1 amide bonds. The van der Waals surface area contributed by atoms with E-state index in [0.29, 0.717) is 11.1 Å². The van der Waals surface area contributed by atoms with E-state index in [1.54, 1.807) is 31.3 Å². The van der Waals surface area contributed by atoms with Crippen LogP contribution in [-0.2, 0) is 11.3 Å². The van der Waals surface area contributed by atoms with Gasteiger partial charge in [0.15, 0.2) is 5.43 Å². The maximum absolute atomic E-state index is 11.8. The molecule has 6 heteroatoms. The Kier molecular flexibility index (Phi) is 4.39. The van der Waals surface area contributed by atoms with Crippen molar-refractivity contribution < 1.29 is 9.90 Å². The number of nitrogens with one attached hydrogen (secondary N) is 2. The zero-order valence-corrected chi connectivity index (χ0v) is 11.6. The van der Waals surface area contributed by atoms with Crippen molar-refractivity contribution in [3.05, 3.63) is 63.6 Å². The van der Waals surface area contributed by atoms with Crippen molar-refractivity contribution in [2.75, 3.05) is 0 Å². The van der Waals surface area contributed by atoms with Crippen LogP contribution in [0.2, 0.25) is 0 Å². The van der Waals surface area contributed by atoms with Gasteiger partial charge < -0.3 is 15.8 Å². The number of para-hydroxylation sites is 1. The second-order valence-corrected chi connectivity index (χ2v) is 4.78. The highest BCUT2D eigenvalue weighted by atomic mass is 16.3. The van der Waals surface area contributed by atoms with Gasteiger partial charge in [0.2, 0.25) is 5.91 Å². The van der Waals surface area contributed by atoms with E-state index < -0.39 is 11.9 Å². The van der Waals surface area contributed by atoms with Gasteiger partial charge in [0.1, 0.15) is 11.8 Å². The van der Waals surface area contributed by atoms with E-state index in [1.165, 1.54) is 12.1 Å². The molecule has 0 aliphatic carbocycles. The summed E-state index contributed by atoms with van der Waals surface area (Å²) in [6, 6.07) is 7.05. The Hall–Kier alpha value is -2.60. The summed E-state index contributed by atoms with van der Waals surface area (Å²) in [6.45, 7) is 1.95. The topological polar surface area (TPSA) is 108 Å². The lowest BCUT2D eigenvalue weighted by molar-refractivity contribution is -0.120. The number of H-pyrrole nitrogens is 1. The molecule has 2 aromatic rings. The first-order chi connectivity index (χ1) is 9.99. The Morgan fingerprint density at radius 3 is 2.76 bits per heavy atom. The van der Waals surface area contributed by atoms with Gasteiger partial charge in [0, 0.05) is 35.6 Å². The third-order valence-electron chi connectivity index (χ3n) is 3.17. The SMILES string of the molecule is Cc1cc(=O)c(CNC(C(N)=O)c2ccccc2O)c[nH]1. The minimum atomic E-state index is -0.869. The molecule has 21 heavy (non-hydrogen) atoms. The van der Waals surface area contributed by atoms with Crippen LogP contribution in [0.4, 0.5) is 0 Å². The Labute approximate surface area is 121 Å². The van der Waals surface area contributed by atoms with Gasteiger partial charge in [-0.3, -0.25) is 14.9 Å². The van der Waals surface area contributed by atoms with Crippen molar-refractivity contribution in [2.45, 2.75) is 19.5 Å². The number of pyridine rings is 1. The monoisotopic (exact) mass is 287 g/mol. The van der Waals surface area contributed by atoms with Gasteiger partial charge in [-0.05, 0) is 13.0 Å². The molecular formula is C15H17N3O3. The number of aryl methyl sites for hydroxylation is 1. The van der Waals surface area contributed by atoms with Crippen molar-refractivity contribution in [1.29, 1.82) is 0 Å². The predicted octanol–water partition coefficient (Wildman–Crippen LogP) is 0.705. The van der Waals surface area contributed by atoms with Crippen LogP contribution in [-0.4, -0.2) is 16.0 Å². The summed E-state index contributed by atoms with van der Waals surface area (Å²) in [7, 11) is 0. The number of aromatic hydroxyl groups is 1. The number of carbonyl (C=O) groups excluding carboxylic acids is 1. The van der Waals surface area contributed by atoms with Gasteiger partial charge in [-0.15, -0.1) is 0 Å². The number of rotatable bonds is 5. The van der Waals surface area contributed by atoms with Gasteiger partial charge in [-0.2, -0.15) is 0 Å². The van der Waals surface area contributed by atoms with Gasteiger partial charge in [-0.25, -0.2) is 0 Å². The van der Waals surface area contributed by atoms with Gasteiger partial charge in [0.05, 0.1) is 0 Å². The quantitative estimate of drug-likeness (QED) is 0.649.